The number of nitrogens with two attached hydrogens (primary N) is 1. The van der Waals surface area contributed by atoms with E-state index in [9.17, 15) is 13.9 Å². The van der Waals surface area contributed by atoms with Crippen molar-refractivity contribution in [1.82, 2.24) is 9.88 Å². The molecule has 5 N–H and O–H groups in total. The molecule has 1 saturated heterocycles. The van der Waals surface area contributed by atoms with E-state index in [1.807, 2.05) is 36.1 Å². The van der Waals surface area contributed by atoms with E-state index >= 15 is 0 Å². The van der Waals surface area contributed by atoms with E-state index in [1.54, 1.807) is 24.4 Å². The second kappa shape index (κ2) is 8.79. The third-order valence-corrected chi connectivity index (χ3v) is 7.16. The number of aromatic nitrogens is 1. The van der Waals surface area contributed by atoms with Gasteiger partial charge in [-0.3, -0.25) is 23.6 Å². The first-order valence-corrected chi connectivity index (χ1v) is 12.6. The Morgan fingerprint density at radius 1 is 1.26 bits per heavy atom. The summed E-state index contributed by atoms with van der Waals surface area (Å²) in [5.74, 6) is 0.700. The number of carbonyl (C=O) groups excluding carboxylic acids is 1. The fourth-order valence-corrected chi connectivity index (χ4v) is 5.51. The van der Waals surface area contributed by atoms with Gasteiger partial charge in [-0.05, 0) is 54.5 Å². The van der Waals surface area contributed by atoms with E-state index in [0.29, 0.717) is 42.3 Å². The molecule has 3 heterocycles. The van der Waals surface area contributed by atoms with Crippen molar-refractivity contribution in [2.75, 3.05) is 24.4 Å². The van der Waals surface area contributed by atoms with Gasteiger partial charge in [0.2, 0.25) is 0 Å². The average molecular weight is 482 g/mol. The molecule has 0 unspecified atom stereocenters. The topological polar surface area (TPSA) is 133 Å². The number of likely N-dealkylation sites (tertiary alicyclic amines) is 1. The number of carbonyl (C=O) groups is 1. The lowest BCUT2D eigenvalue weighted by Gasteiger charge is -2.35. The zero-order chi connectivity index (χ0) is 23.9. The van der Waals surface area contributed by atoms with Crippen LogP contribution >= 0.6 is 11.0 Å². The Morgan fingerprint density at radius 2 is 2.09 bits per heavy atom. The molecule has 0 saturated carbocycles. The summed E-state index contributed by atoms with van der Waals surface area (Å²) in [5, 5.41) is 0.870. The minimum Gasteiger partial charge on any atom is -0.492 e. The summed E-state index contributed by atoms with van der Waals surface area (Å²) in [6.45, 7) is 3.62. The van der Waals surface area contributed by atoms with E-state index in [0.717, 1.165) is 29.3 Å². The molecule has 1 atom stereocenters. The fourth-order valence-electron chi connectivity index (χ4n) is 4.63. The zero-order valence-corrected chi connectivity index (χ0v) is 19.6. The first-order chi connectivity index (χ1) is 16.3. The highest BCUT2D eigenvalue weighted by Crippen LogP contribution is 2.46. The number of piperidine rings is 1. The lowest BCUT2D eigenvalue weighted by Crippen LogP contribution is -2.42. The molecular weight excluding hydrogens is 454 g/mol. The Morgan fingerprint density at radius 3 is 2.94 bits per heavy atom. The van der Waals surface area contributed by atoms with Crippen LogP contribution in [0.15, 0.2) is 53.1 Å². The Balaban J connectivity index is 1.32. The van der Waals surface area contributed by atoms with Gasteiger partial charge in [0.15, 0.2) is 5.84 Å². The smallest absolute Gasteiger partial charge is 0.254 e. The summed E-state index contributed by atoms with van der Waals surface area (Å²) < 4.78 is 32.2. The molecule has 1 fully saturated rings. The van der Waals surface area contributed by atoms with Gasteiger partial charge >= 0.3 is 0 Å². The third-order valence-electron chi connectivity index (χ3n) is 6.21. The van der Waals surface area contributed by atoms with Crippen molar-refractivity contribution < 1.29 is 18.6 Å². The highest BCUT2D eigenvalue weighted by molar-refractivity contribution is 8.24. The van der Waals surface area contributed by atoms with E-state index < -0.39 is 11.0 Å². The number of hydrogen-bond acceptors (Lipinski definition) is 8. The van der Waals surface area contributed by atoms with Crippen molar-refractivity contribution in [3.8, 4) is 5.75 Å². The van der Waals surface area contributed by atoms with Crippen molar-refractivity contribution in [2.24, 2.45) is 16.0 Å². The van der Waals surface area contributed by atoms with Crippen LogP contribution in [-0.4, -0.2) is 50.4 Å². The summed E-state index contributed by atoms with van der Waals surface area (Å²) >= 11 is 0. The third kappa shape index (κ3) is 4.27. The van der Waals surface area contributed by atoms with Gasteiger partial charge in [-0.15, -0.1) is 4.40 Å². The molecule has 1 amide bonds. The second-order valence-corrected chi connectivity index (χ2v) is 10.1. The first kappa shape index (κ1) is 22.5. The Hall–Kier alpha value is -3.34. The number of pyridine rings is 1. The Labute approximate surface area is 199 Å². The van der Waals surface area contributed by atoms with Gasteiger partial charge in [-0.1, -0.05) is 24.3 Å². The zero-order valence-electron chi connectivity index (χ0n) is 18.8. The molecule has 5 rings (SSSR count). The van der Waals surface area contributed by atoms with Crippen LogP contribution in [0.5, 0.6) is 5.75 Å². The number of amides is 1. The van der Waals surface area contributed by atoms with E-state index in [-0.39, 0.29) is 17.7 Å². The number of hydrogen-bond donors (Lipinski definition) is 4. The van der Waals surface area contributed by atoms with Gasteiger partial charge in [0.1, 0.15) is 5.75 Å². The van der Waals surface area contributed by atoms with E-state index in [1.165, 1.54) is 0 Å². The van der Waals surface area contributed by atoms with Crippen LogP contribution in [0.2, 0.25) is 0 Å². The molecule has 0 spiro atoms. The highest BCUT2D eigenvalue weighted by Gasteiger charge is 2.29. The molecule has 2 aliphatic rings. The summed E-state index contributed by atoms with van der Waals surface area (Å²) in [6, 6.07) is 12.9. The number of anilines is 1. The van der Waals surface area contributed by atoms with E-state index in [4.69, 9.17) is 10.5 Å². The molecule has 10 heteroatoms. The quantitative estimate of drug-likeness (QED) is 0.439. The normalized spacial score (nSPS) is 20.1. The summed E-state index contributed by atoms with van der Waals surface area (Å²) in [7, 11) is -3.35. The standard InChI is InChI=1S/C24H27N5O4S/c1-15-12-26-18-8-3-2-7-17(18)21(15)24(30)29-11-5-6-16(13-29)14-33-20-10-4-9-19-22(20)23(25)28-34(31,32)27-19/h2-4,7-10,12,16,27,31-32H,5-6,11,13-14H2,1H3,(H2,25,28)/t16-/m0/s1. The highest BCUT2D eigenvalue weighted by atomic mass is 32.3. The van der Waals surface area contributed by atoms with Crippen molar-refractivity contribution >= 4 is 39.3 Å². The van der Waals surface area contributed by atoms with Gasteiger partial charge < -0.3 is 15.4 Å². The lowest BCUT2D eigenvalue weighted by molar-refractivity contribution is 0.0634. The molecule has 0 radical (unpaired) electrons. The number of aryl methyl sites for hydroxylation is 1. The molecule has 3 aromatic rings. The van der Waals surface area contributed by atoms with Crippen LogP contribution in [0.3, 0.4) is 0 Å². The molecule has 178 valence electrons. The van der Waals surface area contributed by atoms with Gasteiger partial charge in [-0.2, -0.15) is 0 Å². The number of nitrogens with one attached hydrogen (secondary N) is 1. The lowest BCUT2D eigenvalue weighted by atomic mass is 9.96. The number of benzene rings is 2. The molecule has 2 aromatic carbocycles. The Kier molecular flexibility index (Phi) is 5.80. The molecule has 34 heavy (non-hydrogen) atoms. The number of ether oxygens (including phenoxy) is 1. The van der Waals surface area contributed by atoms with Gasteiger partial charge in [-0.25, -0.2) is 0 Å². The number of fused-ring (bicyclic) bond motifs is 2. The minimum atomic E-state index is -3.35. The minimum absolute atomic E-state index is 0.0173. The maximum absolute atomic E-state index is 13.5. The van der Waals surface area contributed by atoms with Gasteiger partial charge in [0.05, 0.1) is 28.9 Å². The molecule has 0 aliphatic carbocycles. The molecule has 1 aromatic heterocycles. The van der Waals surface area contributed by atoms with Crippen molar-refractivity contribution in [1.29, 1.82) is 0 Å². The Bertz CT molecular complexity index is 1300. The van der Waals surface area contributed by atoms with Crippen LogP contribution in [0.25, 0.3) is 10.9 Å². The number of rotatable bonds is 4. The van der Waals surface area contributed by atoms with Crippen molar-refractivity contribution in [2.45, 2.75) is 19.8 Å². The molecule has 9 nitrogen and oxygen atoms in total. The predicted octanol–water partition coefficient (Wildman–Crippen LogP) is 4.19. The average Bonchev–Trinajstić information content (AvgIpc) is 2.81. The maximum atomic E-state index is 13.5. The number of amidine groups is 1. The molecule has 2 aliphatic heterocycles. The van der Waals surface area contributed by atoms with Gasteiger partial charge in [0.25, 0.3) is 5.91 Å². The van der Waals surface area contributed by atoms with Crippen LogP contribution in [0, 0.1) is 12.8 Å². The summed E-state index contributed by atoms with van der Waals surface area (Å²) in [4.78, 5) is 19.9. The number of nitrogens with zero attached hydrogens (tertiary/aromatic N) is 3. The van der Waals surface area contributed by atoms with Crippen LogP contribution in [0.1, 0.15) is 34.3 Å². The van der Waals surface area contributed by atoms with Crippen LogP contribution in [0.4, 0.5) is 5.69 Å². The first-order valence-electron chi connectivity index (χ1n) is 11.1. The largest absolute Gasteiger partial charge is 0.492 e. The van der Waals surface area contributed by atoms with Gasteiger partial charge in [0, 0.05) is 30.6 Å². The predicted molar refractivity (Wildman–Crippen MR) is 134 cm³/mol. The molecule has 0 bridgehead atoms. The summed E-state index contributed by atoms with van der Waals surface area (Å²) in [6.07, 6.45) is 3.59. The summed E-state index contributed by atoms with van der Waals surface area (Å²) in [5.41, 5.74) is 9.35. The SMILES string of the molecule is Cc1cnc2ccccc2c1C(=O)N1CCC[C@H](COc2cccc3c2C(N)=NS(O)(O)N3)C1. The number of para-hydroxylation sites is 1. The van der Waals surface area contributed by atoms with Crippen molar-refractivity contribution in [3.05, 3.63) is 65.4 Å². The fraction of sp³-hybridized carbons (Fsp3) is 0.292. The second-order valence-electron chi connectivity index (χ2n) is 8.68. The maximum Gasteiger partial charge on any atom is 0.254 e. The molecular formula is C24H27N5O4S. The van der Waals surface area contributed by atoms with E-state index in [2.05, 4.69) is 14.1 Å². The van der Waals surface area contributed by atoms with Crippen molar-refractivity contribution in [3.63, 3.8) is 0 Å². The van der Waals surface area contributed by atoms with Crippen LogP contribution in [-0.2, 0) is 0 Å². The van der Waals surface area contributed by atoms with Crippen LogP contribution < -0.4 is 15.2 Å². The monoisotopic (exact) mass is 481 g/mol.